The number of carbonyl (C=O) groups excluding carboxylic acids is 1. The van der Waals surface area contributed by atoms with Crippen LogP contribution in [0.1, 0.15) is 19.4 Å². The summed E-state index contributed by atoms with van der Waals surface area (Å²) < 4.78 is 4.94. The molecule has 0 bridgehead atoms. The van der Waals surface area contributed by atoms with Crippen LogP contribution in [0.3, 0.4) is 0 Å². The highest BCUT2D eigenvalue weighted by Gasteiger charge is 2.15. The number of hydrogen-bond donors (Lipinski definition) is 2. The number of carbonyl (C=O) groups is 1. The first-order valence-electron chi connectivity index (χ1n) is 6.67. The Morgan fingerprint density at radius 1 is 1.48 bits per heavy atom. The molecule has 1 aromatic carbocycles. The minimum absolute atomic E-state index is 0. The SMILES string of the molecule is COc1ccc(CSCC(=O)NCC(C)(C)N)cc1[N+](=O)[O-].Cl. The van der Waals surface area contributed by atoms with Crippen LogP contribution in [0.15, 0.2) is 18.2 Å². The first-order valence-corrected chi connectivity index (χ1v) is 7.83. The predicted octanol–water partition coefficient (Wildman–Crippen LogP) is 2.11. The van der Waals surface area contributed by atoms with Gasteiger partial charge < -0.3 is 15.8 Å². The molecule has 0 spiro atoms. The molecule has 0 saturated heterocycles. The Hall–Kier alpha value is -1.51. The highest BCUT2D eigenvalue weighted by Crippen LogP contribution is 2.28. The molecule has 3 N–H and O–H groups in total. The number of amides is 1. The van der Waals surface area contributed by atoms with Crippen LogP contribution in [-0.4, -0.2) is 35.8 Å². The van der Waals surface area contributed by atoms with Crippen molar-refractivity contribution in [3.05, 3.63) is 33.9 Å². The van der Waals surface area contributed by atoms with Crippen LogP contribution in [0.2, 0.25) is 0 Å². The van der Waals surface area contributed by atoms with E-state index in [-0.39, 0.29) is 35.5 Å². The van der Waals surface area contributed by atoms with Crippen molar-refractivity contribution in [3.8, 4) is 5.75 Å². The molecular weight excluding hydrogens is 342 g/mol. The fourth-order valence-electron chi connectivity index (χ4n) is 1.61. The van der Waals surface area contributed by atoms with Gasteiger partial charge in [-0.3, -0.25) is 14.9 Å². The molecule has 0 unspecified atom stereocenters. The second-order valence-corrected chi connectivity index (χ2v) is 6.51. The number of rotatable bonds is 8. The molecule has 0 heterocycles. The number of hydrogen-bond acceptors (Lipinski definition) is 6. The Morgan fingerprint density at radius 3 is 2.65 bits per heavy atom. The second kappa shape index (κ2) is 9.59. The van der Waals surface area contributed by atoms with Crippen molar-refractivity contribution >= 4 is 35.8 Å². The van der Waals surface area contributed by atoms with E-state index in [1.165, 1.54) is 24.9 Å². The lowest BCUT2D eigenvalue weighted by Gasteiger charge is -2.18. The largest absolute Gasteiger partial charge is 0.490 e. The topological polar surface area (TPSA) is 107 Å². The molecule has 0 aromatic heterocycles. The molecule has 23 heavy (non-hydrogen) atoms. The highest BCUT2D eigenvalue weighted by atomic mass is 35.5. The second-order valence-electron chi connectivity index (χ2n) is 5.52. The molecule has 1 amide bonds. The van der Waals surface area contributed by atoms with Crippen LogP contribution in [0.4, 0.5) is 5.69 Å². The normalized spacial score (nSPS) is 10.6. The lowest BCUT2D eigenvalue weighted by molar-refractivity contribution is -0.385. The van der Waals surface area contributed by atoms with Gasteiger partial charge in [0.15, 0.2) is 5.75 Å². The number of nitrogens with zero attached hydrogens (tertiary/aromatic N) is 1. The number of methoxy groups -OCH3 is 1. The van der Waals surface area contributed by atoms with Gasteiger partial charge in [0.05, 0.1) is 17.8 Å². The van der Waals surface area contributed by atoms with Gasteiger partial charge in [-0.25, -0.2) is 0 Å². The van der Waals surface area contributed by atoms with Gasteiger partial charge in [-0.15, -0.1) is 24.2 Å². The number of halogens is 1. The number of nitrogens with one attached hydrogen (secondary N) is 1. The maximum Gasteiger partial charge on any atom is 0.311 e. The number of nitro benzene ring substituents is 1. The first kappa shape index (κ1) is 21.5. The van der Waals surface area contributed by atoms with Gasteiger partial charge in [-0.2, -0.15) is 0 Å². The fraction of sp³-hybridized carbons (Fsp3) is 0.500. The van der Waals surface area contributed by atoms with E-state index < -0.39 is 10.5 Å². The van der Waals surface area contributed by atoms with E-state index in [2.05, 4.69) is 5.32 Å². The van der Waals surface area contributed by atoms with Crippen LogP contribution in [0, 0.1) is 10.1 Å². The lowest BCUT2D eigenvalue weighted by atomic mass is 10.1. The van der Waals surface area contributed by atoms with Gasteiger partial charge in [-0.05, 0) is 25.5 Å². The zero-order valence-electron chi connectivity index (χ0n) is 13.3. The lowest BCUT2D eigenvalue weighted by Crippen LogP contribution is -2.45. The first-order chi connectivity index (χ1) is 10.2. The number of nitro groups is 1. The van der Waals surface area contributed by atoms with E-state index >= 15 is 0 Å². The summed E-state index contributed by atoms with van der Waals surface area (Å²) in [6.07, 6.45) is 0. The summed E-state index contributed by atoms with van der Waals surface area (Å²) >= 11 is 1.38. The average molecular weight is 364 g/mol. The Labute approximate surface area is 145 Å². The Balaban J connectivity index is 0.00000484. The number of thioether (sulfide) groups is 1. The van der Waals surface area contributed by atoms with Crippen LogP contribution in [-0.2, 0) is 10.5 Å². The van der Waals surface area contributed by atoms with Crippen molar-refractivity contribution in [2.24, 2.45) is 5.73 Å². The Kier molecular flexibility index (Phi) is 8.96. The van der Waals surface area contributed by atoms with Crippen molar-refractivity contribution in [2.75, 3.05) is 19.4 Å². The maximum atomic E-state index is 11.6. The highest BCUT2D eigenvalue weighted by molar-refractivity contribution is 7.99. The van der Waals surface area contributed by atoms with Crippen LogP contribution >= 0.6 is 24.2 Å². The van der Waals surface area contributed by atoms with E-state index in [0.717, 1.165) is 5.56 Å². The van der Waals surface area contributed by atoms with E-state index in [4.69, 9.17) is 10.5 Å². The van der Waals surface area contributed by atoms with Crippen LogP contribution in [0.5, 0.6) is 5.75 Å². The van der Waals surface area contributed by atoms with Gasteiger partial charge >= 0.3 is 5.69 Å². The van der Waals surface area contributed by atoms with Gasteiger partial charge in [0.2, 0.25) is 5.91 Å². The number of benzene rings is 1. The van der Waals surface area contributed by atoms with Crippen molar-refractivity contribution in [3.63, 3.8) is 0 Å². The number of ether oxygens (including phenoxy) is 1. The van der Waals surface area contributed by atoms with Gasteiger partial charge in [0.1, 0.15) is 0 Å². The fourth-order valence-corrected chi connectivity index (χ4v) is 2.41. The summed E-state index contributed by atoms with van der Waals surface area (Å²) in [5.74, 6) is 0.897. The summed E-state index contributed by atoms with van der Waals surface area (Å²) in [5, 5.41) is 13.7. The third-order valence-electron chi connectivity index (χ3n) is 2.68. The van der Waals surface area contributed by atoms with Crippen LogP contribution in [0.25, 0.3) is 0 Å². The van der Waals surface area contributed by atoms with Gasteiger partial charge in [-0.1, -0.05) is 6.07 Å². The summed E-state index contributed by atoms with van der Waals surface area (Å²) in [7, 11) is 1.39. The molecule has 7 nitrogen and oxygen atoms in total. The molecule has 1 rings (SSSR count). The minimum atomic E-state index is -0.483. The summed E-state index contributed by atoms with van der Waals surface area (Å²) in [4.78, 5) is 22.1. The van der Waals surface area contributed by atoms with Crippen molar-refractivity contribution in [1.29, 1.82) is 0 Å². The molecule has 130 valence electrons. The Bertz CT molecular complexity index is 549. The number of nitrogens with two attached hydrogens (primary N) is 1. The van der Waals surface area contributed by atoms with Crippen molar-refractivity contribution in [2.45, 2.75) is 25.1 Å². The zero-order chi connectivity index (χ0) is 16.8. The van der Waals surface area contributed by atoms with E-state index in [9.17, 15) is 14.9 Å². The molecule has 0 aliphatic carbocycles. The molecule has 9 heteroatoms. The Morgan fingerprint density at radius 2 is 2.13 bits per heavy atom. The van der Waals surface area contributed by atoms with E-state index in [1.54, 1.807) is 12.1 Å². The van der Waals surface area contributed by atoms with Gasteiger partial charge in [0, 0.05) is 23.9 Å². The summed E-state index contributed by atoms with van der Waals surface area (Å²) in [5.41, 5.74) is 6.02. The van der Waals surface area contributed by atoms with Crippen LogP contribution < -0.4 is 15.8 Å². The van der Waals surface area contributed by atoms with Gasteiger partial charge in [0.25, 0.3) is 0 Å². The zero-order valence-corrected chi connectivity index (χ0v) is 15.0. The van der Waals surface area contributed by atoms with Crippen molar-refractivity contribution in [1.82, 2.24) is 5.32 Å². The molecule has 0 radical (unpaired) electrons. The molecule has 0 atom stereocenters. The maximum absolute atomic E-state index is 11.6. The molecule has 0 fully saturated rings. The summed E-state index contributed by atoms with van der Waals surface area (Å²) in [6, 6.07) is 4.78. The quantitative estimate of drug-likeness (QED) is 0.541. The molecular formula is C14H22ClN3O4S. The molecule has 0 saturated carbocycles. The predicted molar refractivity (Wildman–Crippen MR) is 94.3 cm³/mol. The van der Waals surface area contributed by atoms with E-state index in [0.29, 0.717) is 12.3 Å². The molecule has 0 aliphatic heterocycles. The monoisotopic (exact) mass is 363 g/mol. The molecule has 0 aliphatic rings. The molecule has 1 aromatic rings. The third kappa shape index (κ3) is 8.06. The average Bonchev–Trinajstić information content (AvgIpc) is 2.44. The third-order valence-corrected chi connectivity index (χ3v) is 3.69. The summed E-state index contributed by atoms with van der Waals surface area (Å²) in [6.45, 7) is 4.06. The van der Waals surface area contributed by atoms with Crippen molar-refractivity contribution < 1.29 is 14.5 Å². The minimum Gasteiger partial charge on any atom is -0.490 e. The standard InChI is InChI=1S/C14H21N3O4S.ClH/c1-14(2,15)9-16-13(18)8-22-7-10-4-5-12(21-3)11(6-10)17(19)20;/h4-6H,7-9,15H2,1-3H3,(H,16,18);1H. The smallest absolute Gasteiger partial charge is 0.311 e. The van der Waals surface area contributed by atoms with E-state index in [1.807, 2.05) is 13.8 Å².